The summed E-state index contributed by atoms with van der Waals surface area (Å²) >= 11 is 1.22. The molecule has 1 aliphatic rings. The molecule has 0 spiro atoms. The second-order valence-electron chi connectivity index (χ2n) is 6.18. The van der Waals surface area contributed by atoms with Crippen LogP contribution in [0.4, 0.5) is 4.39 Å². The number of benzene rings is 1. The average Bonchev–Trinajstić information content (AvgIpc) is 3.02. The monoisotopic (exact) mass is 375 g/mol. The van der Waals surface area contributed by atoms with E-state index in [0.29, 0.717) is 23.1 Å². The second-order valence-corrected chi connectivity index (χ2v) is 7.12. The number of halogens is 1. The molecule has 0 saturated heterocycles. The van der Waals surface area contributed by atoms with E-state index in [-0.39, 0.29) is 17.5 Å². The molecule has 3 rings (SSSR count). The van der Waals surface area contributed by atoms with E-state index in [1.54, 1.807) is 12.1 Å². The molecule has 0 saturated carbocycles. The fourth-order valence-corrected chi connectivity index (χ4v) is 3.53. The largest absolute Gasteiger partial charge is 0.355 e. The highest BCUT2D eigenvalue weighted by Crippen LogP contribution is 2.22. The number of aromatic nitrogens is 3. The fraction of sp³-hybridized carbons (Fsp3) is 0.389. The van der Waals surface area contributed by atoms with Crippen LogP contribution < -0.4 is 11.2 Å². The van der Waals surface area contributed by atoms with Gasteiger partial charge in [-0.25, -0.2) is 9.07 Å². The summed E-state index contributed by atoms with van der Waals surface area (Å²) in [4.78, 5) is 12.0. The quantitative estimate of drug-likeness (QED) is 0.441. The van der Waals surface area contributed by atoms with E-state index < -0.39 is 0 Å². The Morgan fingerprint density at radius 3 is 2.81 bits per heavy atom. The summed E-state index contributed by atoms with van der Waals surface area (Å²) in [6.07, 6.45) is 8.02. The minimum absolute atomic E-state index is 0.0576. The molecule has 8 heteroatoms. The maximum Gasteiger partial charge on any atom is 0.230 e. The van der Waals surface area contributed by atoms with E-state index in [4.69, 9.17) is 5.84 Å². The highest BCUT2D eigenvalue weighted by atomic mass is 32.2. The molecule has 138 valence electrons. The van der Waals surface area contributed by atoms with E-state index in [2.05, 4.69) is 21.6 Å². The molecule has 0 atom stereocenters. The van der Waals surface area contributed by atoms with Crippen molar-refractivity contribution in [3.8, 4) is 11.4 Å². The van der Waals surface area contributed by atoms with Crippen LogP contribution >= 0.6 is 11.8 Å². The molecule has 3 N–H and O–H groups in total. The molecule has 2 aromatic rings. The van der Waals surface area contributed by atoms with Crippen molar-refractivity contribution in [3.05, 3.63) is 41.7 Å². The molecular formula is C18H22FN5OS. The highest BCUT2D eigenvalue weighted by Gasteiger charge is 2.14. The standard InChI is InChI=1S/C18H22FN5OS/c19-15-8-6-14(7-9-15)17-22-23-18(24(17)20)26-12-16(25)21-11-10-13-4-2-1-3-5-13/h4,6-9H,1-3,5,10-12,20H2,(H,21,25). The Kier molecular flexibility index (Phi) is 6.27. The van der Waals surface area contributed by atoms with Gasteiger partial charge in [0.1, 0.15) is 5.82 Å². The van der Waals surface area contributed by atoms with Gasteiger partial charge in [-0.15, -0.1) is 10.2 Å². The summed E-state index contributed by atoms with van der Waals surface area (Å²) in [6, 6.07) is 5.85. The Morgan fingerprint density at radius 1 is 1.27 bits per heavy atom. The number of hydrogen-bond acceptors (Lipinski definition) is 5. The molecule has 0 aliphatic heterocycles. The molecular weight excluding hydrogens is 353 g/mol. The van der Waals surface area contributed by atoms with Gasteiger partial charge in [-0.3, -0.25) is 4.79 Å². The summed E-state index contributed by atoms with van der Waals surface area (Å²) < 4.78 is 14.3. The molecule has 0 fully saturated rings. The molecule has 1 aliphatic carbocycles. The van der Waals surface area contributed by atoms with Gasteiger partial charge in [-0.2, -0.15) is 0 Å². The first kappa shape index (κ1) is 18.4. The average molecular weight is 375 g/mol. The molecule has 26 heavy (non-hydrogen) atoms. The first-order valence-corrected chi connectivity index (χ1v) is 9.66. The molecule has 0 unspecified atom stereocenters. The van der Waals surface area contributed by atoms with Gasteiger partial charge in [0.05, 0.1) is 5.75 Å². The van der Waals surface area contributed by atoms with Crippen molar-refractivity contribution in [1.82, 2.24) is 20.2 Å². The van der Waals surface area contributed by atoms with Gasteiger partial charge in [-0.1, -0.05) is 23.4 Å². The first-order chi connectivity index (χ1) is 12.6. The van der Waals surface area contributed by atoms with E-state index in [1.165, 1.54) is 47.0 Å². The van der Waals surface area contributed by atoms with Crippen LogP contribution in [0.1, 0.15) is 32.1 Å². The summed E-state index contributed by atoms with van der Waals surface area (Å²) in [5.41, 5.74) is 2.10. The van der Waals surface area contributed by atoms with Crippen LogP contribution in [-0.4, -0.2) is 33.1 Å². The second kappa shape index (κ2) is 8.84. The lowest BCUT2D eigenvalue weighted by Crippen LogP contribution is -2.27. The third-order valence-electron chi connectivity index (χ3n) is 4.25. The number of allylic oxidation sites excluding steroid dienone is 1. The van der Waals surface area contributed by atoms with Crippen molar-refractivity contribution in [2.24, 2.45) is 0 Å². The number of nitrogens with one attached hydrogen (secondary N) is 1. The predicted octanol–water partition coefficient (Wildman–Crippen LogP) is 2.90. The first-order valence-electron chi connectivity index (χ1n) is 8.67. The van der Waals surface area contributed by atoms with Crippen molar-refractivity contribution in [2.45, 2.75) is 37.3 Å². The Morgan fingerprint density at radius 2 is 2.08 bits per heavy atom. The Labute approximate surface area is 156 Å². The lowest BCUT2D eigenvalue weighted by molar-refractivity contribution is -0.118. The van der Waals surface area contributed by atoms with E-state index in [0.717, 1.165) is 19.3 Å². The van der Waals surface area contributed by atoms with Crippen LogP contribution in [-0.2, 0) is 4.79 Å². The van der Waals surface area contributed by atoms with Gasteiger partial charge in [0.15, 0.2) is 5.82 Å². The van der Waals surface area contributed by atoms with Crippen molar-refractivity contribution in [1.29, 1.82) is 0 Å². The number of nitrogen functional groups attached to an aromatic ring is 1. The molecule has 1 amide bonds. The number of amides is 1. The minimum Gasteiger partial charge on any atom is -0.355 e. The van der Waals surface area contributed by atoms with Gasteiger partial charge in [0, 0.05) is 12.1 Å². The number of nitrogens with zero attached hydrogens (tertiary/aromatic N) is 3. The van der Waals surface area contributed by atoms with Gasteiger partial charge in [-0.05, 0) is 56.4 Å². The van der Waals surface area contributed by atoms with Gasteiger partial charge < -0.3 is 11.2 Å². The lowest BCUT2D eigenvalue weighted by atomic mass is 9.97. The van der Waals surface area contributed by atoms with Crippen LogP contribution in [0.25, 0.3) is 11.4 Å². The SMILES string of the molecule is Nn1c(SCC(=O)NCCC2=CCCCC2)nnc1-c1ccc(F)cc1. The maximum absolute atomic E-state index is 13.0. The van der Waals surface area contributed by atoms with Crippen molar-refractivity contribution >= 4 is 17.7 Å². The van der Waals surface area contributed by atoms with E-state index in [1.807, 2.05) is 0 Å². The predicted molar refractivity (Wildman–Crippen MR) is 100 cm³/mol. The third kappa shape index (κ3) is 4.85. The van der Waals surface area contributed by atoms with Gasteiger partial charge >= 0.3 is 0 Å². The molecule has 6 nitrogen and oxygen atoms in total. The Balaban J connectivity index is 1.47. The number of carbonyl (C=O) groups is 1. The summed E-state index contributed by atoms with van der Waals surface area (Å²) in [5, 5.41) is 11.4. The fourth-order valence-electron chi connectivity index (χ4n) is 2.85. The maximum atomic E-state index is 13.0. The molecule has 1 aromatic carbocycles. The van der Waals surface area contributed by atoms with Crippen LogP contribution in [0, 0.1) is 5.82 Å². The minimum atomic E-state index is -0.327. The smallest absolute Gasteiger partial charge is 0.230 e. The zero-order valence-electron chi connectivity index (χ0n) is 14.4. The Hall–Kier alpha value is -2.35. The molecule has 0 bridgehead atoms. The van der Waals surface area contributed by atoms with Crippen LogP contribution in [0.3, 0.4) is 0 Å². The normalized spacial score (nSPS) is 14.1. The zero-order chi connectivity index (χ0) is 18.4. The molecule has 1 heterocycles. The zero-order valence-corrected chi connectivity index (χ0v) is 15.3. The molecule has 0 radical (unpaired) electrons. The van der Waals surface area contributed by atoms with Crippen molar-refractivity contribution < 1.29 is 9.18 Å². The highest BCUT2D eigenvalue weighted by molar-refractivity contribution is 7.99. The number of hydrogen-bond donors (Lipinski definition) is 2. The number of carbonyl (C=O) groups excluding carboxylic acids is 1. The van der Waals surface area contributed by atoms with E-state index in [9.17, 15) is 9.18 Å². The van der Waals surface area contributed by atoms with Crippen LogP contribution in [0.2, 0.25) is 0 Å². The van der Waals surface area contributed by atoms with E-state index >= 15 is 0 Å². The number of rotatable bonds is 7. The van der Waals surface area contributed by atoms with Crippen molar-refractivity contribution in [3.63, 3.8) is 0 Å². The lowest BCUT2D eigenvalue weighted by Gasteiger charge is -2.12. The molecule has 1 aromatic heterocycles. The van der Waals surface area contributed by atoms with Crippen LogP contribution in [0.5, 0.6) is 0 Å². The summed E-state index contributed by atoms with van der Waals surface area (Å²) in [5.74, 6) is 6.26. The number of thioether (sulfide) groups is 1. The van der Waals surface area contributed by atoms with Gasteiger partial charge in [0.2, 0.25) is 11.1 Å². The number of nitrogens with two attached hydrogens (primary N) is 1. The summed E-state index contributed by atoms with van der Waals surface area (Å²) in [7, 11) is 0. The van der Waals surface area contributed by atoms with Crippen molar-refractivity contribution in [2.75, 3.05) is 18.1 Å². The Bertz CT molecular complexity index is 787. The van der Waals surface area contributed by atoms with Gasteiger partial charge in [0.25, 0.3) is 0 Å². The van der Waals surface area contributed by atoms with Crippen LogP contribution in [0.15, 0.2) is 41.1 Å². The topological polar surface area (TPSA) is 85.8 Å². The third-order valence-corrected chi connectivity index (χ3v) is 5.20. The summed E-state index contributed by atoms with van der Waals surface area (Å²) in [6.45, 7) is 0.654.